The van der Waals surface area contributed by atoms with Crippen LogP contribution >= 0.6 is 12.4 Å². The van der Waals surface area contributed by atoms with Crippen molar-refractivity contribution in [2.24, 2.45) is 17.3 Å². The van der Waals surface area contributed by atoms with Gasteiger partial charge >= 0.3 is 0 Å². The normalized spacial score (nSPS) is 40.1. The second-order valence-electron chi connectivity index (χ2n) is 7.06. The van der Waals surface area contributed by atoms with Crippen LogP contribution in [0.25, 0.3) is 0 Å². The highest BCUT2D eigenvalue weighted by atomic mass is 35.5. The second kappa shape index (κ2) is 6.13. The van der Waals surface area contributed by atoms with E-state index >= 15 is 0 Å². The van der Waals surface area contributed by atoms with Crippen LogP contribution in [0.3, 0.4) is 0 Å². The molecule has 0 bridgehead atoms. The van der Waals surface area contributed by atoms with E-state index in [1.165, 1.54) is 0 Å². The summed E-state index contributed by atoms with van der Waals surface area (Å²) in [5.74, 6) is 1.28. The predicted octanol–water partition coefficient (Wildman–Crippen LogP) is 0.827. The second-order valence-corrected chi connectivity index (χ2v) is 7.06. The standard InChI is InChI=1S/C15H25N3O2.ClH/c1-9-5-11(9)17-13(19)7-15(3-4-16-8-15)14(20)18-12-6-10(12)2;/h9-12,16H,3-8H2,1-2H3,(H,17,19)(H,18,20);1H. The Morgan fingerprint density at radius 3 is 2.19 bits per heavy atom. The molecular weight excluding hydrogens is 290 g/mol. The highest BCUT2D eigenvalue weighted by molar-refractivity contribution is 5.90. The summed E-state index contributed by atoms with van der Waals surface area (Å²) < 4.78 is 0. The van der Waals surface area contributed by atoms with Crippen molar-refractivity contribution in [1.82, 2.24) is 16.0 Å². The van der Waals surface area contributed by atoms with Gasteiger partial charge in [0.25, 0.3) is 0 Å². The van der Waals surface area contributed by atoms with Crippen LogP contribution in [0.4, 0.5) is 0 Å². The summed E-state index contributed by atoms with van der Waals surface area (Å²) >= 11 is 0. The monoisotopic (exact) mass is 315 g/mol. The summed E-state index contributed by atoms with van der Waals surface area (Å²) in [6.07, 6.45) is 3.22. The Kier molecular flexibility index (Phi) is 4.83. The van der Waals surface area contributed by atoms with Gasteiger partial charge in [-0.1, -0.05) is 13.8 Å². The zero-order valence-corrected chi connectivity index (χ0v) is 13.6. The van der Waals surface area contributed by atoms with E-state index in [-0.39, 0.29) is 24.2 Å². The zero-order chi connectivity index (χ0) is 14.3. The van der Waals surface area contributed by atoms with Crippen molar-refractivity contribution in [3.63, 3.8) is 0 Å². The lowest BCUT2D eigenvalue weighted by Gasteiger charge is -2.26. The first-order chi connectivity index (χ1) is 9.50. The lowest BCUT2D eigenvalue weighted by Crippen LogP contribution is -2.47. The number of hydrogen-bond acceptors (Lipinski definition) is 3. The van der Waals surface area contributed by atoms with Gasteiger partial charge < -0.3 is 16.0 Å². The Balaban J connectivity index is 0.00000161. The molecule has 5 atom stereocenters. The van der Waals surface area contributed by atoms with Crippen LogP contribution in [0.2, 0.25) is 0 Å². The van der Waals surface area contributed by atoms with Gasteiger partial charge in [-0.3, -0.25) is 9.59 Å². The molecule has 0 aromatic rings. The van der Waals surface area contributed by atoms with E-state index in [0.717, 1.165) is 25.8 Å². The highest BCUT2D eigenvalue weighted by Crippen LogP contribution is 2.35. The molecule has 120 valence electrons. The summed E-state index contributed by atoms with van der Waals surface area (Å²) in [6, 6.07) is 0.659. The minimum absolute atomic E-state index is 0. The molecule has 3 rings (SSSR count). The van der Waals surface area contributed by atoms with Crippen molar-refractivity contribution in [2.75, 3.05) is 13.1 Å². The maximum atomic E-state index is 12.5. The van der Waals surface area contributed by atoms with Crippen LogP contribution in [-0.2, 0) is 9.59 Å². The van der Waals surface area contributed by atoms with Crippen LogP contribution < -0.4 is 16.0 Å². The van der Waals surface area contributed by atoms with E-state index in [4.69, 9.17) is 0 Å². The largest absolute Gasteiger partial charge is 0.353 e. The Morgan fingerprint density at radius 2 is 1.71 bits per heavy atom. The lowest BCUT2D eigenvalue weighted by molar-refractivity contribution is -0.135. The summed E-state index contributed by atoms with van der Waals surface area (Å²) in [7, 11) is 0. The molecule has 1 heterocycles. The number of hydrogen-bond donors (Lipinski definition) is 3. The molecule has 6 heteroatoms. The smallest absolute Gasteiger partial charge is 0.228 e. The maximum absolute atomic E-state index is 12.5. The van der Waals surface area contributed by atoms with Crippen molar-refractivity contribution in [3.8, 4) is 0 Å². The summed E-state index contributed by atoms with van der Waals surface area (Å²) in [5, 5.41) is 9.39. The predicted molar refractivity (Wildman–Crippen MR) is 83.2 cm³/mol. The molecule has 2 amide bonds. The molecule has 3 aliphatic rings. The summed E-state index contributed by atoms with van der Waals surface area (Å²) in [4.78, 5) is 24.7. The van der Waals surface area contributed by atoms with Crippen molar-refractivity contribution in [2.45, 2.75) is 51.6 Å². The topological polar surface area (TPSA) is 70.2 Å². The van der Waals surface area contributed by atoms with E-state index in [2.05, 4.69) is 29.8 Å². The molecule has 2 saturated carbocycles. The van der Waals surface area contributed by atoms with E-state index in [1.54, 1.807) is 0 Å². The first-order valence-electron chi connectivity index (χ1n) is 7.81. The molecule has 0 radical (unpaired) electrons. The third-order valence-corrected chi connectivity index (χ3v) is 5.11. The van der Waals surface area contributed by atoms with Crippen molar-refractivity contribution in [3.05, 3.63) is 0 Å². The van der Waals surface area contributed by atoms with Crippen LogP contribution in [0.5, 0.6) is 0 Å². The molecule has 0 aromatic heterocycles. The average molecular weight is 316 g/mol. The molecule has 0 spiro atoms. The maximum Gasteiger partial charge on any atom is 0.228 e. The number of rotatable bonds is 5. The first-order valence-corrected chi connectivity index (χ1v) is 7.81. The number of carbonyl (C=O) groups is 2. The van der Waals surface area contributed by atoms with E-state index < -0.39 is 5.41 Å². The molecule has 5 nitrogen and oxygen atoms in total. The molecule has 3 fully saturated rings. The van der Waals surface area contributed by atoms with Crippen molar-refractivity contribution < 1.29 is 9.59 Å². The molecule has 1 aliphatic heterocycles. The molecule has 1 saturated heterocycles. The fourth-order valence-corrected chi connectivity index (χ4v) is 3.10. The number of amides is 2. The fraction of sp³-hybridized carbons (Fsp3) is 0.867. The Labute approximate surface area is 132 Å². The van der Waals surface area contributed by atoms with Crippen molar-refractivity contribution in [1.29, 1.82) is 0 Å². The molecule has 5 unspecified atom stereocenters. The van der Waals surface area contributed by atoms with Gasteiger partial charge in [0, 0.05) is 25.0 Å². The SMILES string of the molecule is CC1CC1NC(=O)CC1(C(=O)NC2CC2C)CCNC1.Cl. The number of halogens is 1. The number of nitrogens with one attached hydrogen (secondary N) is 3. The third kappa shape index (κ3) is 3.69. The van der Waals surface area contributed by atoms with Gasteiger partial charge in [-0.2, -0.15) is 0 Å². The molecule has 21 heavy (non-hydrogen) atoms. The minimum Gasteiger partial charge on any atom is -0.353 e. The van der Waals surface area contributed by atoms with Crippen LogP contribution in [0.1, 0.15) is 39.5 Å². The molecule has 0 aromatic carbocycles. The van der Waals surface area contributed by atoms with Crippen molar-refractivity contribution >= 4 is 24.2 Å². The van der Waals surface area contributed by atoms with Gasteiger partial charge in [0.1, 0.15) is 0 Å². The van der Waals surface area contributed by atoms with Crippen LogP contribution in [0.15, 0.2) is 0 Å². The molecule has 2 aliphatic carbocycles. The fourth-order valence-electron chi connectivity index (χ4n) is 3.10. The van der Waals surface area contributed by atoms with Crippen LogP contribution in [-0.4, -0.2) is 37.0 Å². The quantitative estimate of drug-likeness (QED) is 0.704. The Morgan fingerprint density at radius 1 is 1.14 bits per heavy atom. The highest BCUT2D eigenvalue weighted by Gasteiger charge is 2.46. The molecule has 3 N–H and O–H groups in total. The average Bonchev–Trinajstić information content (AvgIpc) is 3.19. The van der Waals surface area contributed by atoms with Gasteiger partial charge in [0.2, 0.25) is 11.8 Å². The van der Waals surface area contributed by atoms with Gasteiger partial charge in [0.05, 0.1) is 5.41 Å². The van der Waals surface area contributed by atoms with Gasteiger partial charge in [-0.25, -0.2) is 0 Å². The van der Waals surface area contributed by atoms with Crippen LogP contribution in [0, 0.1) is 17.3 Å². The van der Waals surface area contributed by atoms with E-state index in [1.807, 2.05) is 0 Å². The zero-order valence-electron chi connectivity index (χ0n) is 12.8. The van der Waals surface area contributed by atoms with Gasteiger partial charge in [-0.15, -0.1) is 12.4 Å². The summed E-state index contributed by atoms with van der Waals surface area (Å²) in [5.41, 5.74) is -0.537. The van der Waals surface area contributed by atoms with E-state index in [0.29, 0.717) is 36.9 Å². The first kappa shape index (κ1) is 16.6. The third-order valence-electron chi connectivity index (χ3n) is 5.11. The minimum atomic E-state index is -0.537. The summed E-state index contributed by atoms with van der Waals surface area (Å²) in [6.45, 7) is 5.72. The Hall–Kier alpha value is -0.810. The molecular formula is C15H26ClN3O2. The van der Waals surface area contributed by atoms with Gasteiger partial charge in [-0.05, 0) is 37.6 Å². The van der Waals surface area contributed by atoms with Gasteiger partial charge in [0.15, 0.2) is 0 Å². The number of carbonyl (C=O) groups excluding carboxylic acids is 2. The Bertz CT molecular complexity index is 423. The van der Waals surface area contributed by atoms with E-state index in [9.17, 15) is 9.59 Å². The lowest BCUT2D eigenvalue weighted by atomic mass is 9.82.